The van der Waals surface area contributed by atoms with Crippen molar-refractivity contribution in [2.45, 2.75) is 45.6 Å². The van der Waals surface area contributed by atoms with Crippen molar-refractivity contribution in [1.82, 2.24) is 0 Å². The summed E-state index contributed by atoms with van der Waals surface area (Å²) in [6.07, 6.45) is 4.08. The topological polar surface area (TPSA) is 12.4 Å². The molecule has 2 fully saturated rings. The minimum absolute atomic E-state index is 0.0671. The highest BCUT2D eigenvalue weighted by molar-refractivity contribution is 7.78. The van der Waals surface area contributed by atoms with Crippen LogP contribution in [0.15, 0.2) is 4.99 Å². The molecule has 2 bridgehead atoms. The number of hydrogen-bond acceptors (Lipinski definition) is 2. The molecule has 3 atom stereocenters. The zero-order chi connectivity index (χ0) is 9.69. The van der Waals surface area contributed by atoms with E-state index in [1.54, 1.807) is 0 Å². The highest BCUT2D eigenvalue weighted by atomic mass is 32.1. The van der Waals surface area contributed by atoms with E-state index in [-0.39, 0.29) is 5.54 Å². The molecule has 13 heavy (non-hydrogen) atoms. The first kappa shape index (κ1) is 9.36. The molecule has 0 saturated heterocycles. The highest BCUT2D eigenvalue weighted by Gasteiger charge is 2.60. The standard InChI is InChI=1S/C11H17NS/c1-10(2)8-4-5-9(6-8)11(10,3)12-7-13/h8-9H,4-6H2,1-3H3. The Morgan fingerprint density at radius 3 is 2.31 bits per heavy atom. The van der Waals surface area contributed by atoms with Gasteiger partial charge in [0.2, 0.25) is 0 Å². The third-order valence-electron chi connectivity index (χ3n) is 4.83. The number of isothiocyanates is 1. The molecule has 0 aromatic heterocycles. The second-order valence-electron chi connectivity index (χ2n) is 5.28. The van der Waals surface area contributed by atoms with Crippen molar-refractivity contribution >= 4 is 17.4 Å². The molecule has 0 N–H and O–H groups in total. The third-order valence-corrected chi connectivity index (χ3v) is 4.92. The molecule has 72 valence electrons. The molecule has 0 radical (unpaired) electrons. The van der Waals surface area contributed by atoms with Crippen LogP contribution in [0.1, 0.15) is 40.0 Å². The quantitative estimate of drug-likeness (QED) is 0.462. The van der Waals surface area contributed by atoms with Crippen LogP contribution in [0.3, 0.4) is 0 Å². The number of aliphatic imine (C=N–C) groups is 1. The summed E-state index contributed by atoms with van der Waals surface area (Å²) in [7, 11) is 0. The van der Waals surface area contributed by atoms with Gasteiger partial charge in [0.15, 0.2) is 0 Å². The van der Waals surface area contributed by atoms with Crippen LogP contribution in [0.2, 0.25) is 0 Å². The van der Waals surface area contributed by atoms with E-state index in [2.05, 4.69) is 30.9 Å². The highest BCUT2D eigenvalue weighted by Crippen LogP contribution is 2.62. The molecule has 0 aromatic rings. The van der Waals surface area contributed by atoms with Gasteiger partial charge in [0, 0.05) is 0 Å². The van der Waals surface area contributed by atoms with Gasteiger partial charge < -0.3 is 0 Å². The van der Waals surface area contributed by atoms with E-state index >= 15 is 0 Å². The lowest BCUT2D eigenvalue weighted by atomic mass is 9.64. The smallest absolute Gasteiger partial charge is 0.0764 e. The Morgan fingerprint density at radius 2 is 1.85 bits per heavy atom. The summed E-state index contributed by atoms with van der Waals surface area (Å²) >= 11 is 4.76. The van der Waals surface area contributed by atoms with Crippen molar-refractivity contribution in [2.75, 3.05) is 0 Å². The molecule has 2 rings (SSSR count). The number of fused-ring (bicyclic) bond motifs is 2. The van der Waals surface area contributed by atoms with Crippen LogP contribution in [0, 0.1) is 17.3 Å². The van der Waals surface area contributed by atoms with Crippen LogP contribution in [-0.4, -0.2) is 10.7 Å². The molecule has 1 nitrogen and oxygen atoms in total. The first-order valence-corrected chi connectivity index (χ1v) is 5.52. The molecule has 0 aromatic carbocycles. The van der Waals surface area contributed by atoms with Crippen LogP contribution in [0.5, 0.6) is 0 Å². The van der Waals surface area contributed by atoms with Gasteiger partial charge in [-0.3, -0.25) is 0 Å². The monoisotopic (exact) mass is 195 g/mol. The number of nitrogens with zero attached hydrogens (tertiary/aromatic N) is 1. The Hall–Kier alpha value is -0.200. The summed E-state index contributed by atoms with van der Waals surface area (Å²) in [6, 6.07) is 0. The van der Waals surface area contributed by atoms with E-state index in [1.165, 1.54) is 19.3 Å². The summed E-state index contributed by atoms with van der Waals surface area (Å²) < 4.78 is 0. The van der Waals surface area contributed by atoms with Gasteiger partial charge in [-0.2, -0.15) is 0 Å². The molecular weight excluding hydrogens is 178 g/mol. The summed E-state index contributed by atoms with van der Waals surface area (Å²) in [6.45, 7) is 6.94. The Kier molecular flexibility index (Phi) is 1.91. The average Bonchev–Trinajstić information content (AvgIpc) is 2.56. The van der Waals surface area contributed by atoms with E-state index in [0.29, 0.717) is 5.41 Å². The van der Waals surface area contributed by atoms with Crippen LogP contribution >= 0.6 is 12.2 Å². The van der Waals surface area contributed by atoms with Crippen LogP contribution in [0.4, 0.5) is 0 Å². The minimum Gasteiger partial charge on any atom is -0.225 e. The molecule has 0 amide bonds. The van der Waals surface area contributed by atoms with Crippen molar-refractivity contribution in [2.24, 2.45) is 22.2 Å². The van der Waals surface area contributed by atoms with Crippen molar-refractivity contribution in [3.63, 3.8) is 0 Å². The van der Waals surface area contributed by atoms with E-state index in [4.69, 9.17) is 12.2 Å². The zero-order valence-electron chi connectivity index (χ0n) is 8.63. The van der Waals surface area contributed by atoms with Gasteiger partial charge in [0.1, 0.15) is 0 Å². The lowest BCUT2D eigenvalue weighted by molar-refractivity contribution is 0.105. The first-order chi connectivity index (χ1) is 6.02. The average molecular weight is 195 g/mol. The van der Waals surface area contributed by atoms with Crippen molar-refractivity contribution in [3.8, 4) is 0 Å². The lowest BCUT2D eigenvalue weighted by Crippen LogP contribution is -2.45. The Morgan fingerprint density at radius 1 is 1.23 bits per heavy atom. The van der Waals surface area contributed by atoms with Crippen LogP contribution in [0.25, 0.3) is 0 Å². The number of hydrogen-bond donors (Lipinski definition) is 0. The Balaban J connectivity index is 2.43. The minimum atomic E-state index is 0.0671. The summed E-state index contributed by atoms with van der Waals surface area (Å²) in [5.41, 5.74) is 0.388. The Bertz CT molecular complexity index is 278. The molecule has 2 aliphatic rings. The molecule has 0 heterocycles. The fourth-order valence-electron chi connectivity index (χ4n) is 3.42. The maximum Gasteiger partial charge on any atom is 0.0764 e. The van der Waals surface area contributed by atoms with Gasteiger partial charge in [-0.1, -0.05) is 13.8 Å². The van der Waals surface area contributed by atoms with Gasteiger partial charge in [0.25, 0.3) is 0 Å². The summed E-state index contributed by atoms with van der Waals surface area (Å²) in [4.78, 5) is 4.46. The lowest BCUT2D eigenvalue weighted by Gasteiger charge is -2.43. The maximum absolute atomic E-state index is 4.76. The molecule has 0 aliphatic heterocycles. The fourth-order valence-corrected chi connectivity index (χ4v) is 3.61. The number of rotatable bonds is 1. The zero-order valence-corrected chi connectivity index (χ0v) is 9.45. The van der Waals surface area contributed by atoms with E-state index in [9.17, 15) is 0 Å². The van der Waals surface area contributed by atoms with Crippen LogP contribution < -0.4 is 0 Å². The first-order valence-electron chi connectivity index (χ1n) is 5.11. The van der Waals surface area contributed by atoms with Gasteiger partial charge in [-0.05, 0) is 55.7 Å². The second kappa shape index (κ2) is 2.65. The predicted octanol–water partition coefficient (Wildman–Crippen LogP) is 3.30. The molecule has 2 heteroatoms. The summed E-state index contributed by atoms with van der Waals surface area (Å²) in [5.74, 6) is 1.61. The number of thiocarbonyl (C=S) groups is 1. The maximum atomic E-state index is 4.76. The van der Waals surface area contributed by atoms with E-state index in [1.807, 2.05) is 0 Å². The van der Waals surface area contributed by atoms with E-state index < -0.39 is 0 Å². The Labute approximate surface area is 85.6 Å². The molecule has 3 unspecified atom stereocenters. The molecular formula is C11H17NS. The van der Waals surface area contributed by atoms with Gasteiger partial charge in [-0.15, -0.1) is 0 Å². The fraction of sp³-hybridized carbons (Fsp3) is 0.909. The molecule has 0 spiro atoms. The predicted molar refractivity (Wildman–Crippen MR) is 58.0 cm³/mol. The SMILES string of the molecule is CC1(C)C2CCC(C2)C1(C)N=C=S. The van der Waals surface area contributed by atoms with E-state index in [0.717, 1.165) is 11.8 Å². The van der Waals surface area contributed by atoms with Gasteiger partial charge in [0.05, 0.1) is 10.7 Å². The second-order valence-corrected chi connectivity index (χ2v) is 5.46. The van der Waals surface area contributed by atoms with Gasteiger partial charge >= 0.3 is 0 Å². The largest absolute Gasteiger partial charge is 0.225 e. The van der Waals surface area contributed by atoms with Crippen molar-refractivity contribution < 1.29 is 0 Å². The van der Waals surface area contributed by atoms with Crippen molar-refractivity contribution in [1.29, 1.82) is 0 Å². The normalized spacial score (nSPS) is 46.1. The third kappa shape index (κ3) is 0.992. The van der Waals surface area contributed by atoms with Crippen LogP contribution in [-0.2, 0) is 0 Å². The molecule has 2 saturated carbocycles. The molecule has 2 aliphatic carbocycles. The van der Waals surface area contributed by atoms with Crippen molar-refractivity contribution in [3.05, 3.63) is 0 Å². The summed E-state index contributed by atoms with van der Waals surface area (Å²) in [5, 5.41) is 2.60. The van der Waals surface area contributed by atoms with Gasteiger partial charge in [-0.25, -0.2) is 4.99 Å².